The van der Waals surface area contributed by atoms with Crippen molar-refractivity contribution in [3.63, 3.8) is 0 Å². The maximum absolute atomic E-state index is 14.4. The van der Waals surface area contributed by atoms with Gasteiger partial charge in [0.15, 0.2) is 0 Å². The zero-order chi connectivity index (χ0) is 17.3. The summed E-state index contributed by atoms with van der Waals surface area (Å²) >= 11 is 5.93. The third-order valence-electron chi connectivity index (χ3n) is 3.77. The van der Waals surface area contributed by atoms with Gasteiger partial charge in [-0.3, -0.25) is 9.99 Å². The van der Waals surface area contributed by atoms with E-state index in [-0.39, 0.29) is 18.7 Å². The quantitative estimate of drug-likeness (QED) is 0.836. The predicted octanol–water partition coefficient (Wildman–Crippen LogP) is 2.79. The van der Waals surface area contributed by atoms with Crippen molar-refractivity contribution in [2.45, 2.75) is 12.6 Å². The zero-order valence-electron chi connectivity index (χ0n) is 12.8. The van der Waals surface area contributed by atoms with E-state index in [0.29, 0.717) is 10.3 Å². The zero-order valence-corrected chi connectivity index (χ0v) is 13.6. The Labute approximate surface area is 142 Å². The van der Waals surface area contributed by atoms with Crippen molar-refractivity contribution < 1.29 is 19.1 Å². The van der Waals surface area contributed by atoms with Crippen molar-refractivity contribution in [2.24, 2.45) is 0 Å². The number of nitrogens with zero attached hydrogens (tertiary/aromatic N) is 3. The standard InChI is InChI=1S/C16H15ClFN3O3/c1-24-9-15-13(16(22)23)8-20(21(15)18)7-10-4-11-2-3-12(17)5-14(11)19-6-10/h2-6,8,15H,7,9H2,1H3,(H,22,23). The summed E-state index contributed by atoms with van der Waals surface area (Å²) in [6.07, 6.45) is 2.89. The molecular weight excluding hydrogens is 337 g/mol. The van der Waals surface area contributed by atoms with E-state index in [1.54, 1.807) is 18.3 Å². The normalized spacial score (nSPS) is 18.2. The van der Waals surface area contributed by atoms with Crippen molar-refractivity contribution in [3.8, 4) is 0 Å². The molecule has 0 aliphatic carbocycles. The maximum atomic E-state index is 14.4. The fourth-order valence-electron chi connectivity index (χ4n) is 2.63. The Kier molecular flexibility index (Phi) is 4.66. The van der Waals surface area contributed by atoms with Gasteiger partial charge < -0.3 is 9.84 Å². The molecule has 0 spiro atoms. The molecule has 1 aromatic carbocycles. The van der Waals surface area contributed by atoms with Crippen LogP contribution >= 0.6 is 11.6 Å². The molecule has 1 atom stereocenters. The Morgan fingerprint density at radius 2 is 2.25 bits per heavy atom. The van der Waals surface area contributed by atoms with E-state index in [0.717, 1.165) is 16.5 Å². The number of hydrogen-bond donors (Lipinski definition) is 1. The summed E-state index contributed by atoms with van der Waals surface area (Å²) in [6.45, 7) is 0.0959. The molecule has 1 aliphatic heterocycles. The van der Waals surface area contributed by atoms with Crippen molar-refractivity contribution in [2.75, 3.05) is 13.7 Å². The number of benzene rings is 1. The van der Waals surface area contributed by atoms with Crippen LogP contribution in [0.2, 0.25) is 5.02 Å². The second kappa shape index (κ2) is 6.72. The smallest absolute Gasteiger partial charge is 0.334 e. The van der Waals surface area contributed by atoms with Crippen molar-refractivity contribution in [3.05, 3.63) is 52.8 Å². The van der Waals surface area contributed by atoms with Gasteiger partial charge in [0, 0.05) is 29.9 Å². The number of aliphatic carboxylic acids is 1. The minimum atomic E-state index is -1.17. The highest BCUT2D eigenvalue weighted by molar-refractivity contribution is 6.31. The molecule has 6 nitrogen and oxygen atoms in total. The third-order valence-corrected chi connectivity index (χ3v) is 4.00. The number of rotatable bonds is 5. The fraction of sp³-hybridized carbons (Fsp3) is 0.250. The molecule has 0 saturated heterocycles. The summed E-state index contributed by atoms with van der Waals surface area (Å²) in [5.41, 5.74) is 1.43. The maximum Gasteiger partial charge on any atom is 0.334 e. The molecule has 3 rings (SSSR count). The monoisotopic (exact) mass is 351 g/mol. The number of hydrogen-bond acceptors (Lipinski definition) is 5. The van der Waals surface area contributed by atoms with Gasteiger partial charge in [0.2, 0.25) is 0 Å². The highest BCUT2D eigenvalue weighted by Crippen LogP contribution is 2.26. The van der Waals surface area contributed by atoms with Crippen LogP contribution in [0.4, 0.5) is 4.48 Å². The molecule has 2 heterocycles. The molecule has 1 aromatic heterocycles. The molecule has 24 heavy (non-hydrogen) atoms. The first-order valence-electron chi connectivity index (χ1n) is 7.19. The molecule has 0 radical (unpaired) electrons. The molecule has 0 bridgehead atoms. The molecule has 1 N–H and O–H groups in total. The average Bonchev–Trinajstić information content (AvgIpc) is 2.85. The van der Waals surface area contributed by atoms with Gasteiger partial charge in [-0.15, -0.1) is 4.48 Å². The Morgan fingerprint density at radius 1 is 1.46 bits per heavy atom. The number of halogens is 2. The summed E-state index contributed by atoms with van der Waals surface area (Å²) < 4.78 is 19.3. The lowest BCUT2D eigenvalue weighted by molar-refractivity contribution is -0.167. The number of pyridine rings is 1. The number of ether oxygens (including phenoxy) is 1. The molecule has 1 aliphatic rings. The molecule has 0 saturated carbocycles. The van der Waals surface area contributed by atoms with Gasteiger partial charge in [0.1, 0.15) is 6.04 Å². The van der Waals surface area contributed by atoms with Crippen LogP contribution in [0.5, 0.6) is 0 Å². The van der Waals surface area contributed by atoms with Crippen molar-refractivity contribution in [1.29, 1.82) is 0 Å². The Morgan fingerprint density at radius 3 is 2.96 bits per heavy atom. The summed E-state index contributed by atoms with van der Waals surface area (Å²) in [7, 11) is 1.40. The number of fused-ring (bicyclic) bond motifs is 1. The summed E-state index contributed by atoms with van der Waals surface area (Å²) in [6, 6.07) is 6.22. The van der Waals surface area contributed by atoms with Gasteiger partial charge in [-0.1, -0.05) is 17.7 Å². The number of methoxy groups -OCH3 is 1. The summed E-state index contributed by atoms with van der Waals surface area (Å²) in [5, 5.41) is 12.2. The molecule has 126 valence electrons. The first-order valence-corrected chi connectivity index (χ1v) is 7.57. The molecule has 0 fully saturated rings. The number of aromatic nitrogens is 1. The van der Waals surface area contributed by atoms with Crippen LogP contribution in [0, 0.1) is 0 Å². The van der Waals surface area contributed by atoms with E-state index in [2.05, 4.69) is 4.98 Å². The van der Waals surface area contributed by atoms with E-state index in [1.165, 1.54) is 18.3 Å². The Balaban J connectivity index is 1.85. The lowest BCUT2D eigenvalue weighted by Crippen LogP contribution is -2.38. The van der Waals surface area contributed by atoms with Crippen LogP contribution in [0.1, 0.15) is 5.56 Å². The number of carbonyl (C=O) groups is 1. The molecule has 1 unspecified atom stereocenters. The summed E-state index contributed by atoms with van der Waals surface area (Å²) in [5.74, 6) is -1.17. The highest BCUT2D eigenvalue weighted by Gasteiger charge is 2.37. The lowest BCUT2D eigenvalue weighted by Gasteiger charge is -2.25. The second-order valence-electron chi connectivity index (χ2n) is 5.43. The summed E-state index contributed by atoms with van der Waals surface area (Å²) in [4.78, 5) is 15.6. The first kappa shape index (κ1) is 16.6. The van der Waals surface area contributed by atoms with Crippen LogP contribution in [0.3, 0.4) is 0 Å². The van der Waals surface area contributed by atoms with Crippen LogP contribution in [0.25, 0.3) is 10.9 Å². The van der Waals surface area contributed by atoms with Crippen LogP contribution in [0.15, 0.2) is 42.2 Å². The molecule has 8 heteroatoms. The largest absolute Gasteiger partial charge is 0.478 e. The van der Waals surface area contributed by atoms with Gasteiger partial charge in [-0.05, 0) is 29.0 Å². The Hall–Kier alpha value is -2.22. The second-order valence-corrected chi connectivity index (χ2v) is 5.86. The van der Waals surface area contributed by atoms with E-state index in [1.807, 2.05) is 12.1 Å². The fourth-order valence-corrected chi connectivity index (χ4v) is 2.80. The van der Waals surface area contributed by atoms with E-state index in [4.69, 9.17) is 16.3 Å². The minimum absolute atomic E-state index is 0.0557. The molecule has 2 aromatic rings. The van der Waals surface area contributed by atoms with Crippen LogP contribution < -0.4 is 0 Å². The van der Waals surface area contributed by atoms with Gasteiger partial charge in [0.05, 0.1) is 24.2 Å². The van der Waals surface area contributed by atoms with E-state index >= 15 is 0 Å². The molecule has 0 amide bonds. The van der Waals surface area contributed by atoms with Gasteiger partial charge in [0.25, 0.3) is 0 Å². The number of carboxylic acid groups (broad SMARTS) is 1. The van der Waals surface area contributed by atoms with Crippen LogP contribution in [-0.2, 0) is 16.1 Å². The van der Waals surface area contributed by atoms with Gasteiger partial charge >= 0.3 is 5.97 Å². The minimum Gasteiger partial charge on any atom is -0.478 e. The van der Waals surface area contributed by atoms with Crippen molar-refractivity contribution >= 4 is 28.5 Å². The highest BCUT2D eigenvalue weighted by atomic mass is 35.5. The van der Waals surface area contributed by atoms with E-state index < -0.39 is 12.0 Å². The third kappa shape index (κ3) is 3.19. The predicted molar refractivity (Wildman–Crippen MR) is 86.6 cm³/mol. The van der Waals surface area contributed by atoms with E-state index in [9.17, 15) is 14.4 Å². The van der Waals surface area contributed by atoms with Gasteiger partial charge in [-0.2, -0.15) is 0 Å². The number of carboxylic acids is 1. The number of hydrazine groups is 1. The first-order chi connectivity index (χ1) is 11.5. The molecular formula is C16H15ClFN3O3. The van der Waals surface area contributed by atoms with Crippen LogP contribution in [-0.4, -0.2) is 46.1 Å². The average molecular weight is 352 g/mol. The van der Waals surface area contributed by atoms with Crippen molar-refractivity contribution in [1.82, 2.24) is 15.2 Å². The lowest BCUT2D eigenvalue weighted by atomic mass is 10.1. The Bertz CT molecular complexity index is 814. The van der Waals surface area contributed by atoms with Gasteiger partial charge in [-0.25, -0.2) is 4.79 Å². The topological polar surface area (TPSA) is 65.9 Å². The SMILES string of the molecule is COCC1C(C(=O)O)=CN(Cc2cnc3cc(Cl)ccc3c2)N1F.